The molecule has 2 rings (SSSR count). The summed E-state index contributed by atoms with van der Waals surface area (Å²) in [7, 11) is 0. The van der Waals surface area contributed by atoms with Crippen LogP contribution in [0.4, 0.5) is 13.2 Å². The molecule has 19 heavy (non-hydrogen) atoms. The summed E-state index contributed by atoms with van der Waals surface area (Å²) < 4.78 is 42.4. The molecule has 0 unspecified atom stereocenters. The maximum Gasteiger partial charge on any atom is 0.416 e. The first-order valence-corrected chi connectivity index (χ1v) is 5.53. The van der Waals surface area contributed by atoms with Gasteiger partial charge in [-0.1, -0.05) is 23.4 Å². The highest BCUT2D eigenvalue weighted by atomic mass is 19.4. The molecule has 0 saturated heterocycles. The van der Waals surface area contributed by atoms with Crippen LogP contribution in [-0.4, -0.2) is 15.2 Å². The zero-order chi connectivity index (χ0) is 14.0. The van der Waals surface area contributed by atoms with Crippen LogP contribution in [0.3, 0.4) is 0 Å². The van der Waals surface area contributed by atoms with E-state index in [1.165, 1.54) is 13.0 Å². The average molecular weight is 272 g/mol. The summed E-state index contributed by atoms with van der Waals surface area (Å²) in [4.78, 5) is 3.89. The maximum absolute atomic E-state index is 12.5. The number of aromatic nitrogens is 2. The van der Waals surface area contributed by atoms with Crippen molar-refractivity contribution in [1.82, 2.24) is 10.1 Å². The number of aliphatic hydroxyl groups excluding tert-OH is 1. The summed E-state index contributed by atoms with van der Waals surface area (Å²) in [6, 6.07) is 4.92. The van der Waals surface area contributed by atoms with Gasteiger partial charge in [0.1, 0.15) is 6.10 Å². The molecule has 7 heteroatoms. The van der Waals surface area contributed by atoms with Crippen molar-refractivity contribution in [2.24, 2.45) is 0 Å². The molecule has 1 aromatic heterocycles. The number of nitrogens with zero attached hydrogens (tertiary/aromatic N) is 2. The number of rotatable bonds is 3. The number of aliphatic hydroxyl groups is 1. The first-order valence-electron chi connectivity index (χ1n) is 5.53. The van der Waals surface area contributed by atoms with Crippen molar-refractivity contribution in [2.45, 2.75) is 25.6 Å². The summed E-state index contributed by atoms with van der Waals surface area (Å²) in [5.41, 5.74) is -0.294. The van der Waals surface area contributed by atoms with Gasteiger partial charge in [0.2, 0.25) is 0 Å². The van der Waals surface area contributed by atoms with E-state index >= 15 is 0 Å². The fourth-order valence-electron chi connectivity index (χ4n) is 1.55. The van der Waals surface area contributed by atoms with Crippen molar-refractivity contribution in [3.05, 3.63) is 47.1 Å². The summed E-state index contributed by atoms with van der Waals surface area (Å²) in [6.07, 6.45) is -5.17. The first-order chi connectivity index (χ1) is 8.86. The topological polar surface area (TPSA) is 59.2 Å². The fourth-order valence-corrected chi connectivity index (χ4v) is 1.55. The molecule has 0 amide bonds. The van der Waals surface area contributed by atoms with Gasteiger partial charge in [0, 0.05) is 6.42 Å². The highest BCUT2D eigenvalue weighted by molar-refractivity contribution is 5.27. The molecule has 2 aromatic rings. The van der Waals surface area contributed by atoms with Gasteiger partial charge < -0.3 is 9.63 Å². The van der Waals surface area contributed by atoms with Gasteiger partial charge in [-0.2, -0.15) is 18.2 Å². The zero-order valence-corrected chi connectivity index (χ0v) is 9.98. The van der Waals surface area contributed by atoms with E-state index in [0.29, 0.717) is 5.56 Å². The smallest absolute Gasteiger partial charge is 0.384 e. The van der Waals surface area contributed by atoms with Crippen molar-refractivity contribution in [2.75, 3.05) is 0 Å². The Labute approximate surface area is 106 Å². The molecule has 0 radical (unpaired) electrons. The van der Waals surface area contributed by atoms with Gasteiger partial charge in [0.05, 0.1) is 5.56 Å². The molecule has 4 nitrogen and oxygen atoms in total. The lowest BCUT2D eigenvalue weighted by Gasteiger charge is -2.07. The molecule has 0 bridgehead atoms. The van der Waals surface area contributed by atoms with Crippen LogP contribution in [0.2, 0.25) is 0 Å². The van der Waals surface area contributed by atoms with E-state index in [-0.39, 0.29) is 18.1 Å². The van der Waals surface area contributed by atoms with Crippen LogP contribution in [0.1, 0.15) is 35.9 Å². The van der Waals surface area contributed by atoms with E-state index in [2.05, 4.69) is 10.1 Å². The highest BCUT2D eigenvalue weighted by Crippen LogP contribution is 2.29. The quantitative estimate of drug-likeness (QED) is 0.933. The lowest BCUT2D eigenvalue weighted by Crippen LogP contribution is -2.05. The van der Waals surface area contributed by atoms with Gasteiger partial charge in [-0.05, 0) is 18.6 Å². The highest BCUT2D eigenvalue weighted by Gasteiger charge is 2.30. The molecule has 1 atom stereocenters. The van der Waals surface area contributed by atoms with Gasteiger partial charge in [-0.25, -0.2) is 0 Å². The molecule has 0 spiro atoms. The van der Waals surface area contributed by atoms with Crippen LogP contribution in [0.15, 0.2) is 28.8 Å². The number of benzene rings is 1. The largest absolute Gasteiger partial charge is 0.416 e. The van der Waals surface area contributed by atoms with Crippen LogP contribution in [0.25, 0.3) is 0 Å². The zero-order valence-electron chi connectivity index (χ0n) is 9.98. The Morgan fingerprint density at radius 2 is 2.11 bits per heavy atom. The Morgan fingerprint density at radius 1 is 1.37 bits per heavy atom. The third kappa shape index (κ3) is 3.31. The molecule has 1 N–H and O–H groups in total. The molecule has 1 heterocycles. The summed E-state index contributed by atoms with van der Waals surface area (Å²) in [5.74, 6) is 0.275. The van der Waals surface area contributed by atoms with Crippen LogP contribution in [0.5, 0.6) is 0 Å². The number of halogens is 3. The van der Waals surface area contributed by atoms with E-state index < -0.39 is 17.8 Å². The van der Waals surface area contributed by atoms with Gasteiger partial charge in [0.25, 0.3) is 5.89 Å². The Bertz CT molecular complexity index is 564. The van der Waals surface area contributed by atoms with Crippen molar-refractivity contribution in [3.63, 3.8) is 0 Å². The van der Waals surface area contributed by atoms with Gasteiger partial charge in [-0.15, -0.1) is 0 Å². The molecule has 102 valence electrons. The fraction of sp³-hybridized carbons (Fsp3) is 0.333. The van der Waals surface area contributed by atoms with Gasteiger partial charge in [0.15, 0.2) is 5.82 Å². The summed E-state index contributed by atoms with van der Waals surface area (Å²) >= 11 is 0. The number of hydrogen-bond donors (Lipinski definition) is 1. The molecule has 0 aliphatic heterocycles. The van der Waals surface area contributed by atoms with E-state index in [0.717, 1.165) is 12.1 Å². The third-order valence-electron chi connectivity index (χ3n) is 2.46. The van der Waals surface area contributed by atoms with Crippen molar-refractivity contribution >= 4 is 0 Å². The van der Waals surface area contributed by atoms with E-state index in [4.69, 9.17) is 4.52 Å². The van der Waals surface area contributed by atoms with Crippen LogP contribution in [0, 0.1) is 0 Å². The Morgan fingerprint density at radius 3 is 2.68 bits per heavy atom. The molecule has 1 aromatic carbocycles. The monoisotopic (exact) mass is 272 g/mol. The second-order valence-electron chi connectivity index (χ2n) is 4.10. The molecule has 0 fully saturated rings. The molecular formula is C12H11F3N2O2. The first kappa shape index (κ1) is 13.5. The second kappa shape index (κ2) is 5.00. The lowest BCUT2D eigenvalue weighted by atomic mass is 10.1. The predicted octanol–water partition coefficient (Wildman–Crippen LogP) is 2.73. The van der Waals surface area contributed by atoms with Crippen LogP contribution in [-0.2, 0) is 12.6 Å². The van der Waals surface area contributed by atoms with Crippen molar-refractivity contribution in [1.29, 1.82) is 0 Å². The Kier molecular flexibility index (Phi) is 3.57. The standard InChI is InChI=1S/C12H11F3N2O2/c1-7(18)11-16-10(17-19-11)6-8-3-2-4-9(5-8)12(13,14)15/h2-5,7,18H,6H2,1H3/t7-/m0/s1. The maximum atomic E-state index is 12.5. The van der Waals surface area contributed by atoms with Gasteiger partial charge in [-0.3, -0.25) is 0 Å². The normalized spacial score (nSPS) is 13.5. The number of alkyl halides is 3. The third-order valence-corrected chi connectivity index (χ3v) is 2.46. The molecular weight excluding hydrogens is 261 g/mol. The Hall–Kier alpha value is -1.89. The molecule has 0 aliphatic carbocycles. The Balaban J connectivity index is 2.19. The van der Waals surface area contributed by atoms with E-state index in [9.17, 15) is 18.3 Å². The van der Waals surface area contributed by atoms with E-state index in [1.807, 2.05) is 0 Å². The minimum atomic E-state index is -4.38. The van der Waals surface area contributed by atoms with Crippen molar-refractivity contribution < 1.29 is 22.8 Å². The van der Waals surface area contributed by atoms with Crippen molar-refractivity contribution in [3.8, 4) is 0 Å². The predicted molar refractivity (Wildman–Crippen MR) is 59.2 cm³/mol. The van der Waals surface area contributed by atoms with Crippen LogP contribution < -0.4 is 0 Å². The van der Waals surface area contributed by atoms with Crippen LogP contribution >= 0.6 is 0 Å². The summed E-state index contributed by atoms with van der Waals surface area (Å²) in [6.45, 7) is 1.46. The minimum absolute atomic E-state index is 0.0435. The van der Waals surface area contributed by atoms with Gasteiger partial charge >= 0.3 is 6.18 Å². The molecule has 0 saturated carbocycles. The SMILES string of the molecule is C[C@H](O)c1nc(Cc2cccc(C(F)(F)F)c2)no1. The lowest BCUT2D eigenvalue weighted by molar-refractivity contribution is -0.137. The number of hydrogen-bond acceptors (Lipinski definition) is 4. The minimum Gasteiger partial charge on any atom is -0.384 e. The second-order valence-corrected chi connectivity index (χ2v) is 4.10. The summed E-state index contributed by atoms with van der Waals surface area (Å²) in [5, 5.41) is 12.8. The average Bonchev–Trinajstić information content (AvgIpc) is 2.77. The molecule has 0 aliphatic rings. The van der Waals surface area contributed by atoms with E-state index in [1.54, 1.807) is 6.07 Å².